The van der Waals surface area contributed by atoms with Crippen molar-refractivity contribution in [3.8, 4) is 0 Å². The average molecular weight is 272 g/mol. The third-order valence-corrected chi connectivity index (χ3v) is 3.77. The Morgan fingerprint density at radius 1 is 1.47 bits per heavy atom. The summed E-state index contributed by atoms with van der Waals surface area (Å²) in [5.41, 5.74) is 0. The first-order chi connectivity index (χ1) is 9.01. The van der Waals surface area contributed by atoms with Crippen molar-refractivity contribution in [2.45, 2.75) is 51.6 Å². The lowest BCUT2D eigenvalue weighted by atomic mass is 10.0. The molecule has 1 aliphatic rings. The minimum Gasteiger partial charge on any atom is -0.480 e. The Morgan fingerprint density at radius 2 is 2.16 bits per heavy atom. The summed E-state index contributed by atoms with van der Waals surface area (Å²) in [6.45, 7) is 4.45. The van der Waals surface area contributed by atoms with Crippen molar-refractivity contribution in [2.24, 2.45) is 5.92 Å². The Morgan fingerprint density at radius 3 is 2.68 bits per heavy atom. The van der Waals surface area contributed by atoms with Gasteiger partial charge in [0, 0.05) is 6.54 Å². The van der Waals surface area contributed by atoms with E-state index in [1.807, 2.05) is 13.8 Å². The zero-order chi connectivity index (χ0) is 14.4. The summed E-state index contributed by atoms with van der Waals surface area (Å²) in [5, 5.41) is 20.9. The molecule has 0 radical (unpaired) electrons. The van der Waals surface area contributed by atoms with Gasteiger partial charge >= 0.3 is 12.0 Å². The number of carboxylic acid groups (broad SMARTS) is 1. The highest BCUT2D eigenvalue weighted by molar-refractivity contribution is 5.82. The number of unbranched alkanes of at least 4 members (excludes halogenated alkanes) is 1. The fourth-order valence-corrected chi connectivity index (χ4v) is 2.44. The number of carbonyl (C=O) groups is 2. The molecule has 19 heavy (non-hydrogen) atoms. The summed E-state index contributed by atoms with van der Waals surface area (Å²) in [4.78, 5) is 24.7. The molecular weight excluding hydrogens is 248 g/mol. The van der Waals surface area contributed by atoms with Crippen LogP contribution in [0.25, 0.3) is 0 Å². The molecule has 1 fully saturated rings. The van der Waals surface area contributed by atoms with Crippen molar-refractivity contribution in [1.29, 1.82) is 0 Å². The fourth-order valence-electron chi connectivity index (χ4n) is 2.44. The van der Waals surface area contributed by atoms with Gasteiger partial charge in [-0.3, -0.25) is 0 Å². The maximum absolute atomic E-state index is 12.1. The minimum absolute atomic E-state index is 0.0821. The maximum atomic E-state index is 12.1. The molecule has 6 nitrogen and oxygen atoms in total. The number of urea groups is 1. The molecule has 2 unspecified atom stereocenters. The van der Waals surface area contributed by atoms with Crippen LogP contribution in [0.3, 0.4) is 0 Å². The zero-order valence-electron chi connectivity index (χ0n) is 11.6. The Kier molecular flexibility index (Phi) is 6.08. The molecule has 6 heteroatoms. The molecule has 0 aliphatic carbocycles. The van der Waals surface area contributed by atoms with Crippen LogP contribution in [0.5, 0.6) is 0 Å². The summed E-state index contributed by atoms with van der Waals surface area (Å²) in [6, 6.07) is -1.43. The first-order valence-corrected chi connectivity index (χ1v) is 6.92. The second-order valence-electron chi connectivity index (χ2n) is 5.19. The highest BCUT2D eigenvalue weighted by Crippen LogP contribution is 2.23. The van der Waals surface area contributed by atoms with Crippen LogP contribution in [-0.4, -0.2) is 52.3 Å². The average Bonchev–Trinajstić information content (AvgIpc) is 2.74. The van der Waals surface area contributed by atoms with E-state index in [2.05, 4.69) is 5.32 Å². The number of carboxylic acids is 1. The number of likely N-dealkylation sites (tertiary alicyclic amines) is 1. The number of hydrogen-bond acceptors (Lipinski definition) is 3. The van der Waals surface area contributed by atoms with Gasteiger partial charge in [-0.15, -0.1) is 0 Å². The third-order valence-electron chi connectivity index (χ3n) is 3.77. The van der Waals surface area contributed by atoms with Crippen molar-refractivity contribution < 1.29 is 19.8 Å². The lowest BCUT2D eigenvalue weighted by Crippen LogP contribution is -2.50. The Bertz CT molecular complexity index is 322. The lowest BCUT2D eigenvalue weighted by Gasteiger charge is -2.27. The lowest BCUT2D eigenvalue weighted by molar-refractivity contribution is -0.139. The van der Waals surface area contributed by atoms with Crippen LogP contribution in [0.15, 0.2) is 0 Å². The van der Waals surface area contributed by atoms with E-state index >= 15 is 0 Å². The highest BCUT2D eigenvalue weighted by Gasteiger charge is 2.35. The van der Waals surface area contributed by atoms with Crippen LogP contribution in [-0.2, 0) is 4.79 Å². The molecule has 1 rings (SSSR count). The van der Waals surface area contributed by atoms with E-state index in [-0.39, 0.29) is 24.6 Å². The molecular formula is C13H24N2O4. The second kappa shape index (κ2) is 7.33. The zero-order valence-corrected chi connectivity index (χ0v) is 11.6. The Balaban J connectivity index is 2.59. The van der Waals surface area contributed by atoms with Crippen LogP contribution < -0.4 is 5.32 Å². The first-order valence-electron chi connectivity index (χ1n) is 6.92. The molecule has 0 saturated carbocycles. The SMILES string of the molecule is CCCC[C@H](NC(=O)N1CCC(C)C1CO)C(=O)O. The predicted octanol–water partition coefficient (Wildman–Crippen LogP) is 1.04. The van der Waals surface area contributed by atoms with E-state index in [1.165, 1.54) is 0 Å². The van der Waals surface area contributed by atoms with Gasteiger partial charge in [0.25, 0.3) is 0 Å². The van der Waals surface area contributed by atoms with Gasteiger partial charge in [0.1, 0.15) is 6.04 Å². The molecule has 0 bridgehead atoms. The van der Waals surface area contributed by atoms with Crippen LogP contribution >= 0.6 is 0 Å². The Labute approximate surface area is 113 Å². The van der Waals surface area contributed by atoms with Crippen LogP contribution in [0.4, 0.5) is 4.79 Å². The van der Waals surface area contributed by atoms with E-state index in [4.69, 9.17) is 5.11 Å². The largest absolute Gasteiger partial charge is 0.480 e. The molecule has 3 atom stereocenters. The van der Waals surface area contributed by atoms with E-state index in [0.29, 0.717) is 13.0 Å². The molecule has 0 aromatic heterocycles. The number of aliphatic carboxylic acids is 1. The number of aliphatic hydroxyl groups excluding tert-OH is 1. The van der Waals surface area contributed by atoms with E-state index in [1.54, 1.807) is 4.90 Å². The molecule has 1 aliphatic heterocycles. The number of rotatable bonds is 6. The van der Waals surface area contributed by atoms with Gasteiger partial charge in [0.05, 0.1) is 12.6 Å². The number of hydrogen-bond donors (Lipinski definition) is 3. The maximum Gasteiger partial charge on any atom is 0.326 e. The van der Waals surface area contributed by atoms with Crippen molar-refractivity contribution in [3.05, 3.63) is 0 Å². The van der Waals surface area contributed by atoms with Gasteiger partial charge in [-0.2, -0.15) is 0 Å². The van der Waals surface area contributed by atoms with Gasteiger partial charge in [-0.25, -0.2) is 9.59 Å². The molecule has 2 amide bonds. The smallest absolute Gasteiger partial charge is 0.326 e. The van der Waals surface area contributed by atoms with Gasteiger partial charge in [-0.05, 0) is 18.8 Å². The van der Waals surface area contributed by atoms with Crippen molar-refractivity contribution in [2.75, 3.05) is 13.2 Å². The molecule has 0 aromatic rings. The number of nitrogens with one attached hydrogen (secondary N) is 1. The fraction of sp³-hybridized carbons (Fsp3) is 0.846. The van der Waals surface area contributed by atoms with E-state index in [9.17, 15) is 14.7 Å². The predicted molar refractivity (Wildman–Crippen MR) is 70.8 cm³/mol. The molecule has 1 saturated heterocycles. The van der Waals surface area contributed by atoms with Crippen molar-refractivity contribution in [1.82, 2.24) is 10.2 Å². The third kappa shape index (κ3) is 4.09. The topological polar surface area (TPSA) is 89.9 Å². The summed E-state index contributed by atoms with van der Waals surface area (Å²) in [6.07, 6.45) is 2.92. The normalized spacial score (nSPS) is 24.3. The van der Waals surface area contributed by atoms with Crippen molar-refractivity contribution in [3.63, 3.8) is 0 Å². The van der Waals surface area contributed by atoms with Gasteiger partial charge in [-0.1, -0.05) is 26.7 Å². The summed E-state index contributed by atoms with van der Waals surface area (Å²) in [5.74, 6) is -0.760. The summed E-state index contributed by atoms with van der Waals surface area (Å²) >= 11 is 0. The minimum atomic E-state index is -1.01. The number of amides is 2. The number of aliphatic hydroxyl groups is 1. The van der Waals surface area contributed by atoms with Gasteiger partial charge in [0.15, 0.2) is 0 Å². The second-order valence-corrected chi connectivity index (χ2v) is 5.19. The molecule has 3 N–H and O–H groups in total. The van der Waals surface area contributed by atoms with Crippen LogP contribution in [0.1, 0.15) is 39.5 Å². The Hall–Kier alpha value is -1.30. The van der Waals surface area contributed by atoms with Crippen LogP contribution in [0, 0.1) is 5.92 Å². The van der Waals surface area contributed by atoms with Gasteiger partial charge in [0.2, 0.25) is 0 Å². The molecule has 1 heterocycles. The number of carbonyl (C=O) groups excluding carboxylic acids is 1. The summed E-state index contributed by atoms with van der Waals surface area (Å²) < 4.78 is 0. The van der Waals surface area contributed by atoms with Gasteiger partial charge < -0.3 is 20.4 Å². The standard InChI is InChI=1S/C13H24N2O4/c1-3-4-5-10(12(17)18)14-13(19)15-7-6-9(2)11(15)8-16/h9-11,16H,3-8H2,1-2H3,(H,14,19)(H,17,18)/t9?,10-,11?/m0/s1. The first kappa shape index (κ1) is 15.8. The van der Waals surface area contributed by atoms with Crippen LogP contribution in [0.2, 0.25) is 0 Å². The molecule has 0 aromatic carbocycles. The monoisotopic (exact) mass is 272 g/mol. The summed E-state index contributed by atoms with van der Waals surface area (Å²) in [7, 11) is 0. The van der Waals surface area contributed by atoms with E-state index < -0.39 is 12.0 Å². The molecule has 0 spiro atoms. The van der Waals surface area contributed by atoms with E-state index in [0.717, 1.165) is 19.3 Å². The molecule has 110 valence electrons. The number of nitrogens with zero attached hydrogens (tertiary/aromatic N) is 1. The quantitative estimate of drug-likeness (QED) is 0.674. The van der Waals surface area contributed by atoms with Crippen molar-refractivity contribution >= 4 is 12.0 Å². The highest BCUT2D eigenvalue weighted by atomic mass is 16.4.